The molecule has 0 atom stereocenters. The SMILES string of the molecule is CC(C)(C)c1ccc(N(c2cccc(N(c3ccccc3)c3ccccc3)c2)c2cc(N(c3ccccc3)c3ccccc3)cc(Nc3ccccc3)c2Cl)cc1. The molecule has 8 aromatic carbocycles. The van der Waals surface area contributed by atoms with E-state index in [0.29, 0.717) is 5.02 Å². The summed E-state index contributed by atoms with van der Waals surface area (Å²) in [6.07, 6.45) is 0. The van der Waals surface area contributed by atoms with Gasteiger partial charge in [0.25, 0.3) is 0 Å². The zero-order valence-corrected chi connectivity index (χ0v) is 33.2. The maximum Gasteiger partial charge on any atom is 0.0882 e. The van der Waals surface area contributed by atoms with Gasteiger partial charge in [-0.3, -0.25) is 0 Å². The molecule has 0 aliphatic rings. The fraction of sp³-hybridized carbons (Fsp3) is 0.0769. The number of rotatable bonds is 11. The lowest BCUT2D eigenvalue weighted by Crippen LogP contribution is -2.16. The van der Waals surface area contributed by atoms with Gasteiger partial charge in [-0.1, -0.05) is 142 Å². The summed E-state index contributed by atoms with van der Waals surface area (Å²) in [5.74, 6) is 0. The number of para-hydroxylation sites is 5. The van der Waals surface area contributed by atoms with Crippen LogP contribution in [0.1, 0.15) is 26.3 Å². The second-order valence-electron chi connectivity index (χ2n) is 15.0. The zero-order chi connectivity index (χ0) is 39.2. The smallest absolute Gasteiger partial charge is 0.0882 e. The molecule has 5 heteroatoms. The number of nitrogens with one attached hydrogen (secondary N) is 1. The highest BCUT2D eigenvalue weighted by atomic mass is 35.5. The van der Waals surface area contributed by atoms with E-state index >= 15 is 0 Å². The summed E-state index contributed by atoms with van der Waals surface area (Å²) in [5, 5.41) is 4.27. The van der Waals surface area contributed by atoms with Gasteiger partial charge in [0.2, 0.25) is 0 Å². The Balaban J connectivity index is 1.37. The molecule has 0 heterocycles. The first kappa shape index (κ1) is 37.2. The minimum atomic E-state index is -0.00858. The first-order valence-corrected chi connectivity index (χ1v) is 19.7. The Morgan fingerprint density at radius 2 is 0.754 bits per heavy atom. The minimum Gasteiger partial charge on any atom is -0.354 e. The van der Waals surface area contributed by atoms with Crippen molar-refractivity contribution in [3.05, 3.63) is 223 Å². The molecule has 1 N–H and O–H groups in total. The molecule has 0 spiro atoms. The van der Waals surface area contributed by atoms with E-state index in [9.17, 15) is 0 Å². The summed E-state index contributed by atoms with van der Waals surface area (Å²) < 4.78 is 0. The molecular formula is C52H45ClN4. The van der Waals surface area contributed by atoms with Gasteiger partial charge in [-0.2, -0.15) is 0 Å². The van der Waals surface area contributed by atoms with Crippen LogP contribution < -0.4 is 20.0 Å². The van der Waals surface area contributed by atoms with Crippen LogP contribution in [-0.4, -0.2) is 0 Å². The Morgan fingerprint density at radius 3 is 1.21 bits per heavy atom. The van der Waals surface area contributed by atoms with Crippen LogP contribution in [0.3, 0.4) is 0 Å². The standard InChI is InChI=1S/C52H45ClN4/c1-52(2,3)39-32-34-45(35-33-39)57(47-31-19-30-46(36-47)55(41-22-11-5-12-23-41)42-24-13-6-14-25-42)50-38-48(37-49(51(50)53)54-40-20-9-4-10-21-40)56(43-26-15-7-16-27-43)44-28-17-8-18-29-44/h4-38,54H,1-3H3. The Labute approximate surface area is 341 Å². The van der Waals surface area contributed by atoms with Gasteiger partial charge in [-0.15, -0.1) is 0 Å². The van der Waals surface area contributed by atoms with Crippen molar-refractivity contribution in [1.82, 2.24) is 0 Å². The van der Waals surface area contributed by atoms with Crippen LogP contribution in [0, 0.1) is 0 Å². The zero-order valence-electron chi connectivity index (χ0n) is 32.4. The van der Waals surface area contributed by atoms with E-state index in [0.717, 1.165) is 62.6 Å². The molecule has 0 unspecified atom stereocenters. The molecule has 0 aromatic heterocycles. The van der Waals surface area contributed by atoms with Crippen LogP contribution >= 0.6 is 11.6 Å². The van der Waals surface area contributed by atoms with Gasteiger partial charge < -0.3 is 20.0 Å². The number of benzene rings is 8. The summed E-state index contributed by atoms with van der Waals surface area (Å²) >= 11 is 7.69. The largest absolute Gasteiger partial charge is 0.354 e. The monoisotopic (exact) mass is 760 g/mol. The van der Waals surface area contributed by atoms with E-state index < -0.39 is 0 Å². The number of anilines is 11. The van der Waals surface area contributed by atoms with Crippen LogP contribution in [0.2, 0.25) is 5.02 Å². The van der Waals surface area contributed by atoms with Gasteiger partial charge in [-0.05, 0) is 114 Å². The summed E-state index contributed by atoms with van der Waals surface area (Å²) in [6.45, 7) is 6.73. The molecular weight excluding hydrogens is 716 g/mol. The summed E-state index contributed by atoms with van der Waals surface area (Å²) in [5.41, 5.74) is 11.9. The van der Waals surface area contributed by atoms with Crippen LogP contribution in [0.5, 0.6) is 0 Å². The Hall–Kier alpha value is -6.75. The molecule has 4 nitrogen and oxygen atoms in total. The second-order valence-corrected chi connectivity index (χ2v) is 15.4. The maximum absolute atomic E-state index is 7.69. The van der Waals surface area contributed by atoms with Crippen molar-refractivity contribution >= 4 is 74.2 Å². The van der Waals surface area contributed by atoms with Crippen LogP contribution in [0.25, 0.3) is 0 Å². The van der Waals surface area contributed by atoms with Gasteiger partial charge in [0, 0.05) is 45.5 Å². The second kappa shape index (κ2) is 16.5. The van der Waals surface area contributed by atoms with Crippen LogP contribution in [0.4, 0.5) is 62.6 Å². The molecule has 0 bridgehead atoms. The molecule has 0 aliphatic heterocycles. The predicted octanol–water partition coefficient (Wildman–Crippen LogP) is 15.8. The molecule has 0 aliphatic carbocycles. The molecule has 0 saturated carbocycles. The molecule has 0 amide bonds. The van der Waals surface area contributed by atoms with E-state index in [1.165, 1.54) is 5.56 Å². The van der Waals surface area contributed by atoms with Gasteiger partial charge in [-0.25, -0.2) is 0 Å². The van der Waals surface area contributed by atoms with Crippen LogP contribution in [-0.2, 0) is 5.41 Å². The quantitative estimate of drug-likeness (QED) is 0.142. The van der Waals surface area contributed by atoms with Crippen LogP contribution in [0.15, 0.2) is 212 Å². The third-order valence-electron chi connectivity index (χ3n) is 9.99. The van der Waals surface area contributed by atoms with E-state index in [-0.39, 0.29) is 5.41 Å². The van der Waals surface area contributed by atoms with Crippen molar-refractivity contribution < 1.29 is 0 Å². The van der Waals surface area contributed by atoms with E-state index in [4.69, 9.17) is 11.6 Å². The lowest BCUT2D eigenvalue weighted by atomic mass is 9.87. The maximum atomic E-state index is 7.69. The molecule has 280 valence electrons. The molecule has 8 rings (SSSR count). The van der Waals surface area contributed by atoms with Gasteiger partial charge >= 0.3 is 0 Å². The first-order valence-electron chi connectivity index (χ1n) is 19.3. The Bertz CT molecular complexity index is 2440. The third-order valence-corrected chi connectivity index (χ3v) is 10.4. The lowest BCUT2D eigenvalue weighted by Gasteiger charge is -2.32. The highest BCUT2D eigenvalue weighted by molar-refractivity contribution is 6.36. The van der Waals surface area contributed by atoms with Crippen molar-refractivity contribution in [3.8, 4) is 0 Å². The number of halogens is 1. The Morgan fingerprint density at radius 1 is 0.368 bits per heavy atom. The number of nitrogens with zero attached hydrogens (tertiary/aromatic N) is 3. The average Bonchev–Trinajstić information content (AvgIpc) is 3.25. The van der Waals surface area contributed by atoms with E-state index in [1.807, 2.05) is 30.3 Å². The van der Waals surface area contributed by atoms with Crippen molar-refractivity contribution in [2.75, 3.05) is 20.0 Å². The normalized spacial score (nSPS) is 11.2. The molecule has 8 aromatic rings. The highest BCUT2D eigenvalue weighted by Gasteiger charge is 2.24. The average molecular weight is 761 g/mol. The molecule has 0 fully saturated rings. The fourth-order valence-corrected chi connectivity index (χ4v) is 7.41. The summed E-state index contributed by atoms with van der Waals surface area (Å²) in [7, 11) is 0. The van der Waals surface area contributed by atoms with Crippen molar-refractivity contribution in [2.24, 2.45) is 0 Å². The van der Waals surface area contributed by atoms with Gasteiger partial charge in [0.05, 0.1) is 22.1 Å². The fourth-order valence-electron chi connectivity index (χ4n) is 7.17. The Kier molecular flexibility index (Phi) is 10.8. The van der Waals surface area contributed by atoms with Crippen molar-refractivity contribution in [2.45, 2.75) is 26.2 Å². The summed E-state index contributed by atoms with van der Waals surface area (Å²) in [4.78, 5) is 6.84. The van der Waals surface area contributed by atoms with Crippen molar-refractivity contribution in [3.63, 3.8) is 0 Å². The van der Waals surface area contributed by atoms with E-state index in [1.54, 1.807) is 0 Å². The van der Waals surface area contributed by atoms with E-state index in [2.05, 4.69) is 223 Å². The molecule has 0 saturated heterocycles. The first-order chi connectivity index (χ1) is 27.8. The topological polar surface area (TPSA) is 21.8 Å². The minimum absolute atomic E-state index is 0.00858. The molecule has 0 radical (unpaired) electrons. The number of hydrogen-bond acceptors (Lipinski definition) is 4. The summed E-state index contributed by atoms with van der Waals surface area (Å²) in [6, 6.07) is 74.1. The van der Waals surface area contributed by atoms with Gasteiger partial charge in [0.1, 0.15) is 0 Å². The van der Waals surface area contributed by atoms with Gasteiger partial charge in [0.15, 0.2) is 0 Å². The third kappa shape index (κ3) is 8.28. The predicted molar refractivity (Wildman–Crippen MR) is 244 cm³/mol. The highest BCUT2D eigenvalue weighted by Crippen LogP contribution is 2.49. The molecule has 57 heavy (non-hydrogen) atoms. The van der Waals surface area contributed by atoms with Crippen molar-refractivity contribution in [1.29, 1.82) is 0 Å². The number of hydrogen-bond donors (Lipinski definition) is 1. The lowest BCUT2D eigenvalue weighted by molar-refractivity contribution is 0.590.